The number of ether oxygens (including phenoxy) is 4. The first-order chi connectivity index (χ1) is 16.0. The molecule has 9 heteroatoms. The van der Waals surface area contributed by atoms with Crippen LogP contribution in [0.2, 0.25) is 0 Å². The van der Waals surface area contributed by atoms with E-state index in [0.717, 1.165) is 0 Å². The highest BCUT2D eigenvalue weighted by Gasteiger charge is 2.36. The Morgan fingerprint density at radius 2 is 1.82 bits per heavy atom. The molecule has 1 fully saturated rings. The van der Waals surface area contributed by atoms with E-state index in [-0.39, 0.29) is 30.8 Å². The lowest BCUT2D eigenvalue weighted by Gasteiger charge is -2.37. The van der Waals surface area contributed by atoms with E-state index in [1.807, 2.05) is 6.07 Å². The summed E-state index contributed by atoms with van der Waals surface area (Å²) in [6, 6.07) is 11.1. The summed E-state index contributed by atoms with van der Waals surface area (Å²) in [5.41, 5.74) is 0.737. The Kier molecular flexibility index (Phi) is 6.79. The molecule has 2 aromatic carbocycles. The minimum atomic E-state index is -0.742. The van der Waals surface area contributed by atoms with Gasteiger partial charge in [0.2, 0.25) is 5.91 Å². The summed E-state index contributed by atoms with van der Waals surface area (Å²) in [6.07, 6.45) is 0. The molecule has 2 amide bonds. The van der Waals surface area contributed by atoms with Crippen molar-refractivity contribution in [3.05, 3.63) is 48.0 Å². The van der Waals surface area contributed by atoms with Crippen LogP contribution < -0.4 is 19.1 Å². The monoisotopic (exact) mass is 454 g/mol. The molecule has 4 rings (SSSR count). The summed E-state index contributed by atoms with van der Waals surface area (Å²) in [7, 11) is 1.53. The standard InChI is InChI=1S/C24H26N2O7/c1-16(24(29)25-9-11-31-12-10-25)26-18-13-17(7-8-20(18)33-15-23(26)28)19(27)14-32-22-6-4-3-5-21(22)30-2/h3-8,13,16H,9-12,14-15H2,1-2H3/t16-/m1/s1. The predicted molar refractivity (Wildman–Crippen MR) is 119 cm³/mol. The van der Waals surface area contributed by atoms with Crippen LogP contribution in [0.3, 0.4) is 0 Å². The topological polar surface area (TPSA) is 94.6 Å². The molecule has 0 unspecified atom stereocenters. The van der Waals surface area contributed by atoms with E-state index in [4.69, 9.17) is 18.9 Å². The van der Waals surface area contributed by atoms with Gasteiger partial charge in [0.1, 0.15) is 11.8 Å². The molecule has 2 aliphatic rings. The number of hydrogen-bond acceptors (Lipinski definition) is 7. The van der Waals surface area contributed by atoms with E-state index in [2.05, 4.69) is 0 Å². The molecule has 0 saturated carbocycles. The molecule has 0 aliphatic carbocycles. The Balaban J connectivity index is 1.53. The van der Waals surface area contributed by atoms with Crippen LogP contribution in [0, 0.1) is 0 Å². The molecular formula is C24H26N2O7. The molecule has 2 aliphatic heterocycles. The van der Waals surface area contributed by atoms with Gasteiger partial charge in [-0.3, -0.25) is 19.3 Å². The normalized spacial score (nSPS) is 16.5. The molecule has 1 atom stereocenters. The first-order valence-corrected chi connectivity index (χ1v) is 10.7. The third-order valence-corrected chi connectivity index (χ3v) is 5.66. The van der Waals surface area contributed by atoms with Crippen molar-refractivity contribution >= 4 is 23.3 Å². The van der Waals surface area contributed by atoms with E-state index < -0.39 is 6.04 Å². The van der Waals surface area contributed by atoms with E-state index in [1.54, 1.807) is 48.2 Å². The highest BCUT2D eigenvalue weighted by Crippen LogP contribution is 2.35. The molecule has 174 valence electrons. The predicted octanol–water partition coefficient (Wildman–Crippen LogP) is 1.93. The molecule has 2 heterocycles. The van der Waals surface area contributed by atoms with E-state index in [1.165, 1.54) is 12.0 Å². The van der Waals surface area contributed by atoms with Crippen LogP contribution in [-0.4, -0.2) is 75.2 Å². The number of carbonyl (C=O) groups excluding carboxylic acids is 3. The van der Waals surface area contributed by atoms with Crippen LogP contribution in [0.15, 0.2) is 42.5 Å². The highest BCUT2D eigenvalue weighted by atomic mass is 16.5. The van der Waals surface area contributed by atoms with Crippen molar-refractivity contribution < 1.29 is 33.3 Å². The van der Waals surface area contributed by atoms with Crippen LogP contribution in [-0.2, 0) is 14.3 Å². The van der Waals surface area contributed by atoms with Gasteiger partial charge in [0.15, 0.2) is 30.5 Å². The second-order valence-corrected chi connectivity index (χ2v) is 7.71. The number of methoxy groups -OCH3 is 1. The lowest BCUT2D eigenvalue weighted by molar-refractivity contribution is -0.138. The van der Waals surface area contributed by atoms with Crippen LogP contribution in [0.5, 0.6) is 17.2 Å². The molecular weight excluding hydrogens is 428 g/mol. The number of fused-ring (bicyclic) bond motifs is 1. The number of hydrogen-bond donors (Lipinski definition) is 0. The van der Waals surface area contributed by atoms with E-state index >= 15 is 0 Å². The number of benzene rings is 2. The fourth-order valence-electron chi connectivity index (χ4n) is 3.89. The quantitative estimate of drug-likeness (QED) is 0.590. The van der Waals surface area contributed by atoms with Gasteiger partial charge in [-0.2, -0.15) is 0 Å². The number of anilines is 1. The fraction of sp³-hybridized carbons (Fsp3) is 0.375. The second kappa shape index (κ2) is 9.91. The van der Waals surface area contributed by atoms with Gasteiger partial charge in [0.25, 0.3) is 5.91 Å². The molecule has 2 aromatic rings. The van der Waals surface area contributed by atoms with Crippen molar-refractivity contribution in [3.8, 4) is 17.2 Å². The van der Waals surface area contributed by atoms with Crippen LogP contribution in [0.4, 0.5) is 5.69 Å². The van der Waals surface area contributed by atoms with Crippen molar-refractivity contribution in [2.45, 2.75) is 13.0 Å². The number of carbonyl (C=O) groups is 3. The third kappa shape index (κ3) is 4.78. The number of morpholine rings is 1. The number of Topliss-reactive ketones (excluding diaryl/α,β-unsaturated/α-hetero) is 1. The molecule has 0 aromatic heterocycles. The summed E-state index contributed by atoms with van der Waals surface area (Å²) < 4.78 is 21.7. The van der Waals surface area contributed by atoms with E-state index in [9.17, 15) is 14.4 Å². The van der Waals surface area contributed by atoms with Crippen LogP contribution >= 0.6 is 0 Å². The molecule has 0 N–H and O–H groups in total. The SMILES string of the molecule is COc1ccccc1OCC(=O)c1ccc2c(c1)N([C@H](C)C(=O)N1CCOCC1)C(=O)CO2. The van der Waals surface area contributed by atoms with Crippen LogP contribution in [0.25, 0.3) is 0 Å². The number of nitrogens with zero attached hydrogens (tertiary/aromatic N) is 2. The van der Waals surface area contributed by atoms with Gasteiger partial charge in [-0.15, -0.1) is 0 Å². The first kappa shape index (κ1) is 22.6. The van der Waals surface area contributed by atoms with Crippen molar-refractivity contribution in [3.63, 3.8) is 0 Å². The van der Waals surface area contributed by atoms with Gasteiger partial charge in [0, 0.05) is 18.7 Å². The van der Waals surface area contributed by atoms with E-state index in [0.29, 0.717) is 54.8 Å². The molecule has 0 bridgehead atoms. The van der Waals surface area contributed by atoms with Crippen molar-refractivity contribution in [2.75, 3.05) is 51.5 Å². The maximum atomic E-state index is 13.0. The van der Waals surface area contributed by atoms with Crippen molar-refractivity contribution in [1.29, 1.82) is 0 Å². The fourth-order valence-corrected chi connectivity index (χ4v) is 3.89. The van der Waals surface area contributed by atoms with Crippen molar-refractivity contribution in [2.24, 2.45) is 0 Å². The Labute approximate surface area is 191 Å². The van der Waals surface area contributed by atoms with Gasteiger partial charge in [-0.1, -0.05) is 12.1 Å². The van der Waals surface area contributed by atoms with Gasteiger partial charge in [-0.25, -0.2) is 0 Å². The maximum Gasteiger partial charge on any atom is 0.265 e. The van der Waals surface area contributed by atoms with Crippen LogP contribution in [0.1, 0.15) is 17.3 Å². The minimum absolute atomic E-state index is 0.169. The number of ketones is 1. The summed E-state index contributed by atoms with van der Waals surface area (Å²) in [5.74, 6) is 0.627. The second-order valence-electron chi connectivity index (χ2n) is 7.71. The zero-order chi connectivity index (χ0) is 23.4. The van der Waals surface area contributed by atoms with Gasteiger partial charge in [-0.05, 0) is 37.3 Å². The molecule has 9 nitrogen and oxygen atoms in total. The largest absolute Gasteiger partial charge is 0.493 e. The maximum absolute atomic E-state index is 13.0. The van der Waals surface area contributed by atoms with Crippen molar-refractivity contribution in [1.82, 2.24) is 4.90 Å². The summed E-state index contributed by atoms with van der Waals surface area (Å²) in [6.45, 7) is 3.20. The average Bonchev–Trinajstić information content (AvgIpc) is 2.86. The zero-order valence-corrected chi connectivity index (χ0v) is 18.6. The summed E-state index contributed by atoms with van der Waals surface area (Å²) in [5, 5.41) is 0. The Hall–Kier alpha value is -3.59. The third-order valence-electron chi connectivity index (χ3n) is 5.66. The molecule has 1 saturated heterocycles. The minimum Gasteiger partial charge on any atom is -0.493 e. The Morgan fingerprint density at radius 1 is 1.09 bits per heavy atom. The lowest BCUT2D eigenvalue weighted by Crippen LogP contribution is -2.54. The summed E-state index contributed by atoms with van der Waals surface area (Å²) >= 11 is 0. The molecule has 33 heavy (non-hydrogen) atoms. The Bertz CT molecular complexity index is 1050. The van der Waals surface area contributed by atoms with Gasteiger partial charge >= 0.3 is 0 Å². The summed E-state index contributed by atoms with van der Waals surface area (Å²) in [4.78, 5) is 41.7. The lowest BCUT2D eigenvalue weighted by atomic mass is 10.1. The smallest absolute Gasteiger partial charge is 0.265 e. The number of para-hydroxylation sites is 2. The number of amides is 2. The number of rotatable bonds is 7. The van der Waals surface area contributed by atoms with Gasteiger partial charge < -0.3 is 23.8 Å². The van der Waals surface area contributed by atoms with Gasteiger partial charge in [0.05, 0.1) is 26.0 Å². The zero-order valence-electron chi connectivity index (χ0n) is 18.6. The average molecular weight is 454 g/mol. The Morgan fingerprint density at radius 3 is 2.55 bits per heavy atom. The highest BCUT2D eigenvalue weighted by molar-refractivity contribution is 6.05. The first-order valence-electron chi connectivity index (χ1n) is 10.7. The molecule has 0 spiro atoms. The molecule has 0 radical (unpaired) electrons.